The highest BCUT2D eigenvalue weighted by Gasteiger charge is 2.76. The zero-order valence-electron chi connectivity index (χ0n) is 19.2. The predicted molar refractivity (Wildman–Crippen MR) is 111 cm³/mol. The summed E-state index contributed by atoms with van der Waals surface area (Å²) in [6.45, 7) is 9.43. The van der Waals surface area contributed by atoms with Crippen LogP contribution in [0.2, 0.25) is 0 Å². The van der Waals surface area contributed by atoms with Gasteiger partial charge < -0.3 is 18.9 Å². The number of esters is 2. The van der Waals surface area contributed by atoms with Crippen LogP contribution in [-0.2, 0) is 33.3 Å². The van der Waals surface area contributed by atoms with Crippen LogP contribution in [0.15, 0.2) is 12.3 Å². The van der Waals surface area contributed by atoms with Gasteiger partial charge in [-0.05, 0) is 44.6 Å². The van der Waals surface area contributed by atoms with Gasteiger partial charge in [0, 0.05) is 31.1 Å². The minimum Gasteiger partial charge on any atom is -0.498 e. The molecule has 31 heavy (non-hydrogen) atoms. The zero-order chi connectivity index (χ0) is 22.7. The van der Waals surface area contributed by atoms with E-state index in [1.165, 1.54) is 13.8 Å². The normalized spacial score (nSPS) is 46.1. The summed E-state index contributed by atoms with van der Waals surface area (Å²) in [5, 5.41) is 0. The van der Waals surface area contributed by atoms with E-state index in [0.717, 1.165) is 19.3 Å². The lowest BCUT2D eigenvalue weighted by atomic mass is 9.42. The van der Waals surface area contributed by atoms with E-state index in [9.17, 15) is 14.4 Å². The molecular weight excluding hydrogens is 400 g/mol. The minimum atomic E-state index is -1.39. The Kier molecular flexibility index (Phi) is 5.08. The van der Waals surface area contributed by atoms with Crippen LogP contribution in [0.1, 0.15) is 73.1 Å². The Hall–Kier alpha value is -1.89. The quantitative estimate of drug-likeness (QED) is 0.628. The number of ether oxygens (including phenoxy) is 4. The second-order valence-corrected chi connectivity index (χ2v) is 10.6. The van der Waals surface area contributed by atoms with E-state index in [-0.39, 0.29) is 36.1 Å². The van der Waals surface area contributed by atoms with E-state index < -0.39 is 28.2 Å². The van der Waals surface area contributed by atoms with E-state index in [2.05, 4.69) is 13.8 Å². The van der Waals surface area contributed by atoms with Gasteiger partial charge in [0.15, 0.2) is 11.4 Å². The van der Waals surface area contributed by atoms with Crippen molar-refractivity contribution in [3.05, 3.63) is 12.3 Å². The van der Waals surface area contributed by atoms with Crippen LogP contribution in [-0.4, -0.2) is 47.7 Å². The fourth-order valence-corrected chi connectivity index (χ4v) is 7.15. The molecule has 7 heteroatoms. The van der Waals surface area contributed by atoms with Crippen LogP contribution < -0.4 is 0 Å². The zero-order valence-corrected chi connectivity index (χ0v) is 19.2. The largest absolute Gasteiger partial charge is 0.498 e. The standard InChI is InChI=1S/C24H34O7/c1-16(25)29-14-20(3)7-6-8-21(4)18(20)13-19(27)22(5,30-17(2)26)24(21)10-9-23(31-24)11-12-28-15-23/h11-12,18H,6-10,13-15H2,1-5H3. The summed E-state index contributed by atoms with van der Waals surface area (Å²) >= 11 is 0. The highest BCUT2D eigenvalue weighted by Crippen LogP contribution is 2.68. The van der Waals surface area contributed by atoms with E-state index in [1.807, 2.05) is 6.08 Å². The van der Waals surface area contributed by atoms with E-state index in [1.54, 1.807) is 13.2 Å². The number of rotatable bonds is 3. The average molecular weight is 435 g/mol. The van der Waals surface area contributed by atoms with Gasteiger partial charge in [-0.25, -0.2) is 0 Å². The molecule has 1 saturated heterocycles. The molecule has 6 atom stereocenters. The molecule has 2 aliphatic carbocycles. The number of hydrogen-bond acceptors (Lipinski definition) is 7. The molecule has 4 aliphatic rings. The molecule has 0 amide bonds. The molecule has 4 rings (SSSR count). The predicted octanol–water partition coefficient (Wildman–Crippen LogP) is 3.49. The second-order valence-electron chi connectivity index (χ2n) is 10.6. The summed E-state index contributed by atoms with van der Waals surface area (Å²) in [7, 11) is 0. The first-order chi connectivity index (χ1) is 14.4. The van der Waals surface area contributed by atoms with Crippen molar-refractivity contribution in [3.63, 3.8) is 0 Å². The number of hydrogen-bond donors (Lipinski definition) is 0. The first-order valence-corrected chi connectivity index (χ1v) is 11.3. The van der Waals surface area contributed by atoms with Gasteiger partial charge in [0.1, 0.15) is 17.8 Å². The number of carbonyl (C=O) groups is 3. The lowest BCUT2D eigenvalue weighted by Gasteiger charge is -2.65. The molecule has 3 fully saturated rings. The van der Waals surface area contributed by atoms with E-state index >= 15 is 0 Å². The highest BCUT2D eigenvalue weighted by atomic mass is 16.6. The van der Waals surface area contributed by atoms with Gasteiger partial charge >= 0.3 is 11.9 Å². The average Bonchev–Trinajstić information content (AvgIpc) is 3.30. The monoisotopic (exact) mass is 434 g/mol. The molecular formula is C24H34O7. The fraction of sp³-hybridized carbons (Fsp3) is 0.792. The summed E-state index contributed by atoms with van der Waals surface area (Å²) in [5.41, 5.74) is -3.79. The molecule has 172 valence electrons. The Bertz CT molecular complexity index is 836. The maximum atomic E-state index is 13.7. The van der Waals surface area contributed by atoms with E-state index in [4.69, 9.17) is 18.9 Å². The maximum Gasteiger partial charge on any atom is 0.303 e. The molecule has 0 bridgehead atoms. The number of fused-ring (bicyclic) bond motifs is 2. The van der Waals surface area contributed by atoms with Gasteiger partial charge in [0.05, 0.1) is 12.9 Å². The lowest BCUT2D eigenvalue weighted by molar-refractivity contribution is -0.285. The third kappa shape index (κ3) is 3.06. The van der Waals surface area contributed by atoms with Gasteiger partial charge in [0.2, 0.25) is 0 Å². The third-order valence-corrected chi connectivity index (χ3v) is 8.70. The van der Waals surface area contributed by atoms with Crippen LogP contribution in [0.25, 0.3) is 0 Å². The Morgan fingerprint density at radius 1 is 1.10 bits per heavy atom. The SMILES string of the molecule is CC(=O)OCC1(C)CCCC2(C)C1CC(=O)C(C)(OC(C)=O)C21CCC2(C=COC2)O1. The molecule has 2 heterocycles. The third-order valence-electron chi connectivity index (χ3n) is 8.70. The minimum absolute atomic E-state index is 0.0642. The molecule has 0 N–H and O–H groups in total. The van der Waals surface area contributed by atoms with Crippen molar-refractivity contribution in [1.82, 2.24) is 0 Å². The summed E-state index contributed by atoms with van der Waals surface area (Å²) in [4.78, 5) is 37.5. The molecule has 6 unspecified atom stereocenters. The first-order valence-electron chi connectivity index (χ1n) is 11.3. The van der Waals surface area contributed by atoms with Crippen molar-refractivity contribution >= 4 is 17.7 Å². The maximum absolute atomic E-state index is 13.7. The number of carbonyl (C=O) groups excluding carboxylic acids is 3. The van der Waals surface area contributed by atoms with Crippen molar-refractivity contribution in [2.75, 3.05) is 13.2 Å². The molecule has 2 spiro atoms. The van der Waals surface area contributed by atoms with Crippen molar-refractivity contribution < 1.29 is 33.3 Å². The fourth-order valence-electron chi connectivity index (χ4n) is 7.15. The first kappa shape index (κ1) is 22.3. The van der Waals surface area contributed by atoms with Crippen molar-refractivity contribution in [2.45, 2.75) is 89.9 Å². The second kappa shape index (κ2) is 7.06. The van der Waals surface area contributed by atoms with Crippen LogP contribution in [0.5, 0.6) is 0 Å². The topological polar surface area (TPSA) is 88.1 Å². The summed E-state index contributed by atoms with van der Waals surface area (Å²) in [6.07, 6.45) is 7.75. The van der Waals surface area contributed by atoms with Crippen LogP contribution in [0.3, 0.4) is 0 Å². The van der Waals surface area contributed by atoms with Crippen LogP contribution in [0.4, 0.5) is 0 Å². The molecule has 0 aromatic heterocycles. The molecule has 0 radical (unpaired) electrons. The summed E-state index contributed by atoms with van der Waals surface area (Å²) < 4.78 is 23.7. The molecule has 2 aliphatic heterocycles. The Labute approximate surface area is 183 Å². The summed E-state index contributed by atoms with van der Waals surface area (Å²) in [6, 6.07) is 0. The van der Waals surface area contributed by atoms with Gasteiger partial charge in [-0.15, -0.1) is 0 Å². The number of Topliss-reactive ketones (excluding diaryl/α,β-unsaturated/α-hetero) is 1. The molecule has 0 aromatic carbocycles. The molecule has 7 nitrogen and oxygen atoms in total. The van der Waals surface area contributed by atoms with Crippen molar-refractivity contribution in [2.24, 2.45) is 16.7 Å². The Morgan fingerprint density at radius 3 is 2.45 bits per heavy atom. The van der Waals surface area contributed by atoms with E-state index in [0.29, 0.717) is 19.4 Å². The van der Waals surface area contributed by atoms with Gasteiger partial charge in [-0.2, -0.15) is 0 Å². The highest BCUT2D eigenvalue weighted by molar-refractivity contribution is 5.92. The van der Waals surface area contributed by atoms with Gasteiger partial charge in [0.25, 0.3) is 0 Å². The molecule has 0 aromatic rings. The Balaban J connectivity index is 1.83. The van der Waals surface area contributed by atoms with Crippen molar-refractivity contribution in [1.29, 1.82) is 0 Å². The van der Waals surface area contributed by atoms with Crippen LogP contribution in [0, 0.1) is 16.7 Å². The van der Waals surface area contributed by atoms with Crippen molar-refractivity contribution in [3.8, 4) is 0 Å². The van der Waals surface area contributed by atoms with Gasteiger partial charge in [-0.3, -0.25) is 14.4 Å². The smallest absolute Gasteiger partial charge is 0.303 e. The van der Waals surface area contributed by atoms with Gasteiger partial charge in [-0.1, -0.05) is 20.3 Å². The lowest BCUT2D eigenvalue weighted by Crippen LogP contribution is -2.75. The Morgan fingerprint density at radius 2 is 1.84 bits per heavy atom. The van der Waals surface area contributed by atoms with Crippen LogP contribution >= 0.6 is 0 Å². The molecule has 2 saturated carbocycles. The number of ketones is 1. The summed E-state index contributed by atoms with van der Waals surface area (Å²) in [5.74, 6) is -0.996.